The molecule has 1 aliphatic rings. The third-order valence-electron chi connectivity index (χ3n) is 3.89. The van der Waals surface area contributed by atoms with Gasteiger partial charge in [-0.05, 0) is 48.2 Å². The molecule has 5 nitrogen and oxygen atoms in total. The number of anilines is 2. The third-order valence-corrected chi connectivity index (χ3v) is 4.84. The highest BCUT2D eigenvalue weighted by molar-refractivity contribution is 7.92. The van der Waals surface area contributed by atoms with Crippen molar-refractivity contribution >= 4 is 38.9 Å². The fourth-order valence-corrected chi connectivity index (χ4v) is 3.52. The van der Waals surface area contributed by atoms with Gasteiger partial charge in [0.05, 0.1) is 6.26 Å². The van der Waals surface area contributed by atoms with E-state index in [2.05, 4.69) is 10.0 Å². The summed E-state index contributed by atoms with van der Waals surface area (Å²) in [4.78, 5) is 12.3. The molecule has 1 saturated carbocycles. The van der Waals surface area contributed by atoms with Gasteiger partial charge in [0, 0.05) is 22.3 Å². The van der Waals surface area contributed by atoms with E-state index in [9.17, 15) is 13.2 Å². The molecule has 0 aromatic heterocycles. The topological polar surface area (TPSA) is 75.3 Å². The lowest BCUT2D eigenvalue weighted by Crippen LogP contribution is -2.15. The van der Waals surface area contributed by atoms with E-state index in [1.54, 1.807) is 24.3 Å². The van der Waals surface area contributed by atoms with Crippen LogP contribution in [-0.2, 0) is 14.8 Å². The quantitative estimate of drug-likeness (QED) is 0.853. The van der Waals surface area contributed by atoms with Gasteiger partial charge in [-0.1, -0.05) is 29.8 Å². The summed E-state index contributed by atoms with van der Waals surface area (Å²) < 4.78 is 24.7. The first-order valence-electron chi connectivity index (χ1n) is 7.46. The van der Waals surface area contributed by atoms with Gasteiger partial charge in [0.1, 0.15) is 0 Å². The molecule has 3 rings (SSSR count). The van der Waals surface area contributed by atoms with Crippen molar-refractivity contribution in [2.45, 2.75) is 12.3 Å². The number of hydrogen-bond donors (Lipinski definition) is 2. The Morgan fingerprint density at radius 1 is 1.08 bits per heavy atom. The van der Waals surface area contributed by atoms with E-state index in [4.69, 9.17) is 11.6 Å². The van der Waals surface area contributed by atoms with Gasteiger partial charge in [0.15, 0.2) is 0 Å². The molecule has 0 unspecified atom stereocenters. The number of amides is 1. The van der Waals surface area contributed by atoms with Crippen LogP contribution in [-0.4, -0.2) is 20.6 Å². The molecule has 0 radical (unpaired) electrons. The van der Waals surface area contributed by atoms with Gasteiger partial charge in [0.25, 0.3) is 0 Å². The van der Waals surface area contributed by atoms with Crippen molar-refractivity contribution in [2.75, 3.05) is 16.3 Å². The molecule has 1 amide bonds. The van der Waals surface area contributed by atoms with Gasteiger partial charge in [-0.3, -0.25) is 9.52 Å². The van der Waals surface area contributed by atoms with E-state index in [0.717, 1.165) is 18.2 Å². The van der Waals surface area contributed by atoms with E-state index in [-0.39, 0.29) is 17.7 Å². The summed E-state index contributed by atoms with van der Waals surface area (Å²) in [6, 6.07) is 14.1. The standard InChI is InChI=1S/C17H17ClN2O3S/c1-24(22,23)20-12-8-6-11(7-9-12)19-17(21)15-10-14(15)13-4-2-3-5-16(13)18/h2-9,14-15,20H,10H2,1H3,(H,19,21)/t14-,15+/m1/s1. The Morgan fingerprint density at radius 2 is 1.71 bits per heavy atom. The predicted molar refractivity (Wildman–Crippen MR) is 95.8 cm³/mol. The number of halogens is 1. The van der Waals surface area contributed by atoms with Crippen molar-refractivity contribution in [3.8, 4) is 0 Å². The Morgan fingerprint density at radius 3 is 2.33 bits per heavy atom. The molecule has 1 fully saturated rings. The summed E-state index contributed by atoms with van der Waals surface area (Å²) in [5, 5.41) is 3.54. The van der Waals surface area contributed by atoms with Crippen LogP contribution in [0.2, 0.25) is 5.02 Å². The fourth-order valence-electron chi connectivity index (χ4n) is 2.67. The Balaban J connectivity index is 1.61. The zero-order valence-corrected chi connectivity index (χ0v) is 14.6. The molecule has 2 aromatic carbocycles. The largest absolute Gasteiger partial charge is 0.326 e. The highest BCUT2D eigenvalue weighted by atomic mass is 35.5. The lowest BCUT2D eigenvalue weighted by Gasteiger charge is -2.08. The van der Waals surface area contributed by atoms with E-state index >= 15 is 0 Å². The molecule has 0 aliphatic heterocycles. The summed E-state index contributed by atoms with van der Waals surface area (Å²) in [7, 11) is -3.31. The second-order valence-corrected chi connectivity index (χ2v) is 8.07. The number of rotatable bonds is 5. The SMILES string of the molecule is CS(=O)(=O)Nc1ccc(NC(=O)[C@H]2C[C@@H]2c2ccccc2Cl)cc1. The molecular formula is C17H17ClN2O3S. The monoisotopic (exact) mass is 364 g/mol. The zero-order valence-electron chi connectivity index (χ0n) is 13.0. The van der Waals surface area contributed by atoms with Crippen LogP contribution in [0.5, 0.6) is 0 Å². The molecule has 126 valence electrons. The minimum absolute atomic E-state index is 0.0521. The van der Waals surface area contributed by atoms with Gasteiger partial charge in [-0.15, -0.1) is 0 Å². The Labute approximate surface area is 146 Å². The van der Waals surface area contributed by atoms with Crippen LogP contribution < -0.4 is 10.0 Å². The van der Waals surface area contributed by atoms with Gasteiger partial charge in [-0.2, -0.15) is 0 Å². The Kier molecular flexibility index (Phi) is 4.51. The fraction of sp³-hybridized carbons (Fsp3) is 0.235. The molecular weight excluding hydrogens is 348 g/mol. The van der Waals surface area contributed by atoms with Crippen molar-refractivity contribution in [1.29, 1.82) is 0 Å². The van der Waals surface area contributed by atoms with Crippen molar-refractivity contribution in [2.24, 2.45) is 5.92 Å². The first-order chi connectivity index (χ1) is 11.3. The lowest BCUT2D eigenvalue weighted by atomic mass is 10.1. The molecule has 24 heavy (non-hydrogen) atoms. The van der Waals surface area contributed by atoms with E-state index < -0.39 is 10.0 Å². The maximum atomic E-state index is 12.3. The zero-order chi connectivity index (χ0) is 17.3. The van der Waals surface area contributed by atoms with Crippen molar-refractivity contribution in [1.82, 2.24) is 0 Å². The summed E-state index contributed by atoms with van der Waals surface area (Å²) in [5.74, 6) is 0.0207. The minimum Gasteiger partial charge on any atom is -0.326 e. The van der Waals surface area contributed by atoms with E-state index in [0.29, 0.717) is 16.4 Å². The van der Waals surface area contributed by atoms with E-state index in [1.165, 1.54) is 0 Å². The van der Waals surface area contributed by atoms with Gasteiger partial charge in [0.2, 0.25) is 15.9 Å². The summed E-state index contributed by atoms with van der Waals surface area (Å²) >= 11 is 6.17. The smallest absolute Gasteiger partial charge is 0.229 e. The first-order valence-corrected chi connectivity index (χ1v) is 9.73. The maximum absolute atomic E-state index is 12.3. The number of sulfonamides is 1. The van der Waals surface area contributed by atoms with Gasteiger partial charge >= 0.3 is 0 Å². The predicted octanol–water partition coefficient (Wildman–Crippen LogP) is 3.45. The molecule has 0 spiro atoms. The van der Waals surface area contributed by atoms with Crippen molar-refractivity contribution < 1.29 is 13.2 Å². The maximum Gasteiger partial charge on any atom is 0.229 e. The van der Waals surface area contributed by atoms with E-state index in [1.807, 2.05) is 24.3 Å². The van der Waals surface area contributed by atoms with Gasteiger partial charge < -0.3 is 5.32 Å². The number of nitrogens with one attached hydrogen (secondary N) is 2. The van der Waals surface area contributed by atoms with Crippen LogP contribution >= 0.6 is 11.6 Å². The van der Waals surface area contributed by atoms with Gasteiger partial charge in [-0.25, -0.2) is 8.42 Å². The molecule has 7 heteroatoms. The second kappa shape index (κ2) is 6.45. The van der Waals surface area contributed by atoms with Crippen molar-refractivity contribution in [3.05, 3.63) is 59.1 Å². The summed E-state index contributed by atoms with van der Waals surface area (Å²) in [6.45, 7) is 0. The average Bonchev–Trinajstić information content (AvgIpc) is 3.29. The number of hydrogen-bond acceptors (Lipinski definition) is 3. The third kappa shape index (κ3) is 4.07. The molecule has 2 aromatic rings. The Hall–Kier alpha value is -2.05. The second-order valence-electron chi connectivity index (χ2n) is 5.91. The molecule has 0 saturated heterocycles. The summed E-state index contributed by atoms with van der Waals surface area (Å²) in [5.41, 5.74) is 2.09. The lowest BCUT2D eigenvalue weighted by molar-refractivity contribution is -0.117. The van der Waals surface area contributed by atoms with Crippen LogP contribution in [0.25, 0.3) is 0 Å². The highest BCUT2D eigenvalue weighted by Gasteiger charge is 2.44. The molecule has 2 atom stereocenters. The normalized spacial score (nSPS) is 19.6. The first kappa shape index (κ1) is 16.8. The number of carbonyl (C=O) groups excluding carboxylic acids is 1. The number of carbonyl (C=O) groups is 1. The average molecular weight is 365 g/mol. The van der Waals surface area contributed by atoms with Crippen LogP contribution in [0.3, 0.4) is 0 Å². The molecule has 0 heterocycles. The highest BCUT2D eigenvalue weighted by Crippen LogP contribution is 2.49. The van der Waals surface area contributed by atoms with Crippen molar-refractivity contribution in [3.63, 3.8) is 0 Å². The molecule has 1 aliphatic carbocycles. The number of benzene rings is 2. The minimum atomic E-state index is -3.31. The van der Waals surface area contributed by atoms with Crippen LogP contribution in [0.15, 0.2) is 48.5 Å². The summed E-state index contributed by atoms with van der Waals surface area (Å²) in [6.07, 6.45) is 1.87. The Bertz CT molecular complexity index is 866. The van der Waals surface area contributed by atoms with Crippen LogP contribution in [0.1, 0.15) is 17.9 Å². The van der Waals surface area contributed by atoms with Crippen LogP contribution in [0, 0.1) is 5.92 Å². The molecule has 0 bridgehead atoms. The van der Waals surface area contributed by atoms with Crippen LogP contribution in [0.4, 0.5) is 11.4 Å². The molecule has 2 N–H and O–H groups in total.